The molecule has 29 heavy (non-hydrogen) atoms. The van der Waals surface area contributed by atoms with Crippen LogP contribution >= 0.6 is 23.8 Å². The normalized spacial score (nSPS) is 11.7. The number of pyridine rings is 1. The molecule has 9 heteroatoms. The zero-order chi connectivity index (χ0) is 20.2. The molecule has 2 heterocycles. The van der Waals surface area contributed by atoms with Gasteiger partial charge in [0.15, 0.2) is 16.6 Å². The minimum Gasteiger partial charge on any atom is -0.454 e. The molecule has 0 aliphatic carbocycles. The van der Waals surface area contributed by atoms with Crippen LogP contribution in [0.25, 0.3) is 10.9 Å². The molecule has 7 nitrogen and oxygen atoms in total. The van der Waals surface area contributed by atoms with Crippen LogP contribution < -0.4 is 25.4 Å². The second kappa shape index (κ2) is 8.39. The molecule has 1 aliphatic heterocycles. The van der Waals surface area contributed by atoms with Crippen molar-refractivity contribution in [3.8, 4) is 17.6 Å². The van der Waals surface area contributed by atoms with Gasteiger partial charge < -0.3 is 25.4 Å². The predicted molar refractivity (Wildman–Crippen MR) is 117 cm³/mol. The predicted octanol–water partition coefficient (Wildman–Crippen LogP) is 3.89. The minimum atomic E-state index is 0.192. The van der Waals surface area contributed by atoms with Crippen molar-refractivity contribution in [1.82, 2.24) is 10.3 Å². The summed E-state index contributed by atoms with van der Waals surface area (Å²) < 4.78 is 10.8. The summed E-state index contributed by atoms with van der Waals surface area (Å²) in [6, 6.07) is 14.9. The number of thiocarbonyl (C=S) groups is 1. The Hall–Kier alpha value is -3.28. The van der Waals surface area contributed by atoms with E-state index in [1.54, 1.807) is 18.2 Å². The number of hydrogen-bond donors (Lipinski definition) is 3. The molecule has 1 aromatic heterocycles. The fraction of sp³-hybridized carbons (Fsp3) is 0.150. The Morgan fingerprint density at radius 2 is 1.90 bits per heavy atom. The largest absolute Gasteiger partial charge is 0.454 e. The van der Waals surface area contributed by atoms with Gasteiger partial charge in [0, 0.05) is 35.3 Å². The number of rotatable bonds is 5. The summed E-state index contributed by atoms with van der Waals surface area (Å²) >= 11 is 11.2. The second-order valence-electron chi connectivity index (χ2n) is 6.21. The van der Waals surface area contributed by atoms with Gasteiger partial charge in [0.05, 0.1) is 11.1 Å². The van der Waals surface area contributed by atoms with E-state index >= 15 is 0 Å². The number of ether oxygens (including phenoxy) is 2. The van der Waals surface area contributed by atoms with Crippen molar-refractivity contribution >= 4 is 51.3 Å². The molecule has 0 saturated carbocycles. The van der Waals surface area contributed by atoms with Gasteiger partial charge in [-0.25, -0.2) is 4.98 Å². The van der Waals surface area contributed by atoms with E-state index in [0.29, 0.717) is 46.1 Å². The monoisotopic (exact) mass is 425 g/mol. The summed E-state index contributed by atoms with van der Waals surface area (Å²) in [5, 5.41) is 20.8. The highest BCUT2D eigenvalue weighted by Crippen LogP contribution is 2.36. The van der Waals surface area contributed by atoms with Crippen molar-refractivity contribution in [2.24, 2.45) is 0 Å². The Bertz CT molecular complexity index is 1110. The summed E-state index contributed by atoms with van der Waals surface area (Å²) in [7, 11) is 0. The van der Waals surface area contributed by atoms with Crippen LogP contribution in [0.1, 0.15) is 5.56 Å². The van der Waals surface area contributed by atoms with E-state index in [1.807, 2.05) is 24.3 Å². The van der Waals surface area contributed by atoms with Crippen molar-refractivity contribution in [3.05, 3.63) is 53.1 Å². The topological polar surface area (TPSA) is 91.2 Å². The summed E-state index contributed by atoms with van der Waals surface area (Å²) in [5.74, 6) is 1.83. The molecular weight excluding hydrogens is 410 g/mol. The molecule has 0 bridgehead atoms. The molecule has 2 aromatic carbocycles. The SMILES string of the molecule is N#Cc1cc2cc3c(cc2nc1NCCNC(=S)Nc1ccc(Cl)cc1)OCO3. The molecule has 146 valence electrons. The number of nitrogens with zero attached hydrogens (tertiary/aromatic N) is 2. The van der Waals surface area contributed by atoms with Gasteiger partial charge in [-0.3, -0.25) is 0 Å². The number of nitrogens with one attached hydrogen (secondary N) is 3. The van der Waals surface area contributed by atoms with Crippen molar-refractivity contribution in [1.29, 1.82) is 5.26 Å². The number of aromatic nitrogens is 1. The first-order valence-corrected chi connectivity index (χ1v) is 9.60. The molecule has 0 amide bonds. The fourth-order valence-electron chi connectivity index (χ4n) is 2.85. The highest BCUT2D eigenvalue weighted by Gasteiger charge is 2.16. The zero-order valence-corrected chi connectivity index (χ0v) is 16.7. The Morgan fingerprint density at radius 1 is 1.14 bits per heavy atom. The van der Waals surface area contributed by atoms with E-state index in [1.165, 1.54) is 0 Å². The first-order valence-electron chi connectivity index (χ1n) is 8.81. The lowest BCUT2D eigenvalue weighted by Gasteiger charge is -2.12. The average molecular weight is 426 g/mol. The Morgan fingerprint density at radius 3 is 2.66 bits per heavy atom. The highest BCUT2D eigenvalue weighted by atomic mass is 35.5. The van der Waals surface area contributed by atoms with E-state index in [2.05, 4.69) is 27.0 Å². The molecule has 0 atom stereocenters. The van der Waals surface area contributed by atoms with Gasteiger partial charge in [-0.1, -0.05) is 11.6 Å². The lowest BCUT2D eigenvalue weighted by atomic mass is 10.1. The van der Waals surface area contributed by atoms with Crippen LogP contribution in [0.15, 0.2) is 42.5 Å². The number of fused-ring (bicyclic) bond motifs is 2. The van der Waals surface area contributed by atoms with E-state index < -0.39 is 0 Å². The Balaban J connectivity index is 1.36. The third kappa shape index (κ3) is 4.42. The number of hydrogen-bond acceptors (Lipinski definition) is 6. The highest BCUT2D eigenvalue weighted by molar-refractivity contribution is 7.80. The van der Waals surface area contributed by atoms with Gasteiger partial charge in [-0.2, -0.15) is 5.26 Å². The molecule has 1 aliphatic rings. The van der Waals surface area contributed by atoms with Crippen LogP contribution in [0.4, 0.5) is 11.5 Å². The fourth-order valence-corrected chi connectivity index (χ4v) is 3.20. The van der Waals surface area contributed by atoms with Gasteiger partial charge in [0.2, 0.25) is 6.79 Å². The van der Waals surface area contributed by atoms with Gasteiger partial charge in [-0.15, -0.1) is 0 Å². The molecular formula is C20H16ClN5O2S. The summed E-state index contributed by atoms with van der Waals surface area (Å²) in [5.41, 5.74) is 2.03. The maximum absolute atomic E-state index is 9.46. The first-order chi connectivity index (χ1) is 14.1. The Labute approximate surface area is 177 Å². The second-order valence-corrected chi connectivity index (χ2v) is 7.05. The van der Waals surface area contributed by atoms with Gasteiger partial charge in [0.1, 0.15) is 11.9 Å². The van der Waals surface area contributed by atoms with Crippen LogP contribution in [0, 0.1) is 11.3 Å². The summed E-state index contributed by atoms with van der Waals surface area (Å²) in [6.45, 7) is 1.27. The van der Waals surface area contributed by atoms with Crippen molar-refractivity contribution in [3.63, 3.8) is 0 Å². The van der Waals surface area contributed by atoms with E-state index in [9.17, 15) is 5.26 Å². The molecule has 4 rings (SSSR count). The van der Waals surface area contributed by atoms with E-state index in [4.69, 9.17) is 33.3 Å². The standard InChI is InChI=1S/C20H16ClN5O2S/c21-14-1-3-15(4-2-14)25-20(29)24-6-5-23-19-13(10-22)7-12-8-17-18(28-11-27-17)9-16(12)26-19/h1-4,7-9H,5-6,11H2,(H,23,26)(H2,24,25,29). The smallest absolute Gasteiger partial charge is 0.231 e. The van der Waals surface area contributed by atoms with Crippen LogP contribution in [0.2, 0.25) is 5.02 Å². The summed E-state index contributed by atoms with van der Waals surface area (Å²) in [4.78, 5) is 4.56. The first kappa shape index (κ1) is 19.1. The van der Waals surface area contributed by atoms with E-state index in [-0.39, 0.29) is 6.79 Å². The van der Waals surface area contributed by atoms with Crippen molar-refractivity contribution < 1.29 is 9.47 Å². The zero-order valence-electron chi connectivity index (χ0n) is 15.2. The van der Waals surface area contributed by atoms with E-state index in [0.717, 1.165) is 16.6 Å². The molecule has 0 spiro atoms. The number of halogens is 1. The molecule has 0 fully saturated rings. The quantitative estimate of drug-likeness (QED) is 0.419. The van der Waals surface area contributed by atoms with Gasteiger partial charge in [0.25, 0.3) is 0 Å². The minimum absolute atomic E-state index is 0.192. The van der Waals surface area contributed by atoms with Crippen LogP contribution in [0.5, 0.6) is 11.5 Å². The van der Waals surface area contributed by atoms with Crippen molar-refractivity contribution in [2.45, 2.75) is 0 Å². The third-order valence-electron chi connectivity index (χ3n) is 4.23. The number of benzene rings is 2. The molecule has 3 aromatic rings. The maximum Gasteiger partial charge on any atom is 0.231 e. The molecule has 0 unspecified atom stereocenters. The third-order valence-corrected chi connectivity index (χ3v) is 4.73. The maximum atomic E-state index is 9.46. The molecule has 0 saturated heterocycles. The van der Waals surface area contributed by atoms with Gasteiger partial charge >= 0.3 is 0 Å². The van der Waals surface area contributed by atoms with Crippen LogP contribution in [-0.4, -0.2) is 30.0 Å². The van der Waals surface area contributed by atoms with Crippen LogP contribution in [0.3, 0.4) is 0 Å². The molecule has 0 radical (unpaired) electrons. The van der Waals surface area contributed by atoms with Crippen molar-refractivity contribution in [2.75, 3.05) is 30.5 Å². The lowest BCUT2D eigenvalue weighted by Crippen LogP contribution is -2.32. The average Bonchev–Trinajstić information content (AvgIpc) is 3.17. The summed E-state index contributed by atoms with van der Waals surface area (Å²) in [6.07, 6.45) is 0. The Kier molecular flexibility index (Phi) is 5.51. The molecule has 3 N–H and O–H groups in total. The lowest BCUT2D eigenvalue weighted by molar-refractivity contribution is 0.174. The van der Waals surface area contributed by atoms with Gasteiger partial charge in [-0.05, 0) is 48.6 Å². The number of anilines is 2. The van der Waals surface area contributed by atoms with Crippen LogP contribution in [-0.2, 0) is 0 Å². The number of nitriles is 1.